The van der Waals surface area contributed by atoms with E-state index in [9.17, 15) is 22.7 Å². The van der Waals surface area contributed by atoms with Gasteiger partial charge in [0.05, 0.1) is 27.8 Å². The van der Waals surface area contributed by atoms with Crippen LogP contribution in [-0.4, -0.2) is 31.3 Å². The molecule has 0 aliphatic rings. The number of carbonyl (C=O) groups is 1. The Hall–Kier alpha value is -1.96. The molecule has 0 saturated carbocycles. The molecule has 5 nitrogen and oxygen atoms in total. The van der Waals surface area contributed by atoms with Crippen LogP contribution in [0.3, 0.4) is 0 Å². The van der Waals surface area contributed by atoms with Gasteiger partial charge in [-0.25, -0.2) is 12.8 Å². The minimum atomic E-state index is -3.44. The molecule has 0 radical (unpaired) electrons. The molecule has 1 amide bonds. The Balaban J connectivity index is 2.22. The largest absolute Gasteiger partial charge is 0.394 e. The average Bonchev–Trinajstić information content (AvgIpc) is 2.62. The summed E-state index contributed by atoms with van der Waals surface area (Å²) in [4.78, 5) is 12.5. The Labute approximate surface area is 156 Å². The van der Waals surface area contributed by atoms with Crippen molar-refractivity contribution in [2.75, 3.05) is 6.61 Å². The van der Waals surface area contributed by atoms with Crippen LogP contribution in [0.25, 0.3) is 0 Å². The highest BCUT2D eigenvalue weighted by Gasteiger charge is 2.22. The smallest absolute Gasteiger partial charge is 0.251 e. The maximum atomic E-state index is 14.1. The Bertz CT molecular complexity index is 898. The molecule has 0 bridgehead atoms. The van der Waals surface area contributed by atoms with Crippen molar-refractivity contribution in [1.82, 2.24) is 5.32 Å². The third kappa shape index (κ3) is 4.23. The Morgan fingerprint density at radius 3 is 2.35 bits per heavy atom. The highest BCUT2D eigenvalue weighted by Crippen LogP contribution is 2.24. The summed E-state index contributed by atoms with van der Waals surface area (Å²) in [7, 11) is -3.44. The van der Waals surface area contributed by atoms with E-state index in [1.54, 1.807) is 13.8 Å². The van der Waals surface area contributed by atoms with Gasteiger partial charge in [0.1, 0.15) is 5.82 Å². The molecule has 0 aromatic heterocycles. The Morgan fingerprint density at radius 2 is 1.81 bits per heavy atom. The van der Waals surface area contributed by atoms with E-state index in [0.29, 0.717) is 0 Å². The lowest BCUT2D eigenvalue weighted by atomic mass is 10.1. The number of aliphatic hydroxyl groups excluding tert-OH is 1. The van der Waals surface area contributed by atoms with Crippen molar-refractivity contribution in [3.63, 3.8) is 0 Å². The zero-order chi connectivity index (χ0) is 19.5. The fourth-order valence-electron chi connectivity index (χ4n) is 2.32. The highest BCUT2D eigenvalue weighted by atomic mass is 35.5. The summed E-state index contributed by atoms with van der Waals surface area (Å²) in [5, 5.41) is 11.3. The summed E-state index contributed by atoms with van der Waals surface area (Å²) < 4.78 is 38.3. The molecule has 0 saturated heterocycles. The van der Waals surface area contributed by atoms with Crippen LogP contribution in [0.1, 0.15) is 35.8 Å². The monoisotopic (exact) mass is 399 g/mol. The molecule has 1 atom stereocenters. The standard InChI is InChI=1S/C18H19ClFNO4S/c1-11(2)26(24,25)13-8-6-12(7-9-13)18(23)21-16(10-22)14-4-3-5-15(19)17(14)20/h3-9,11,16,22H,10H2,1-2H3,(H,21,23)/t16-/m0/s1. The van der Waals surface area contributed by atoms with E-state index in [4.69, 9.17) is 11.6 Å². The molecule has 0 spiro atoms. The number of halogens is 2. The fourth-order valence-corrected chi connectivity index (χ4v) is 3.56. The fraction of sp³-hybridized carbons (Fsp3) is 0.278. The second-order valence-corrected chi connectivity index (χ2v) is 8.88. The zero-order valence-corrected chi connectivity index (χ0v) is 15.8. The minimum absolute atomic E-state index is 0.0624. The molecule has 0 aliphatic carbocycles. The van der Waals surface area contributed by atoms with Crippen LogP contribution in [0.5, 0.6) is 0 Å². The van der Waals surface area contributed by atoms with E-state index in [0.717, 1.165) is 0 Å². The van der Waals surface area contributed by atoms with Crippen molar-refractivity contribution >= 4 is 27.3 Å². The van der Waals surface area contributed by atoms with Gasteiger partial charge in [0.25, 0.3) is 5.91 Å². The van der Waals surface area contributed by atoms with Gasteiger partial charge in [-0.15, -0.1) is 0 Å². The first-order valence-corrected chi connectivity index (χ1v) is 9.80. The molecule has 8 heteroatoms. The van der Waals surface area contributed by atoms with Gasteiger partial charge in [-0.3, -0.25) is 4.79 Å². The van der Waals surface area contributed by atoms with Crippen LogP contribution in [0.15, 0.2) is 47.4 Å². The molecular formula is C18H19ClFNO4S. The van der Waals surface area contributed by atoms with Gasteiger partial charge >= 0.3 is 0 Å². The second kappa shape index (κ2) is 8.16. The van der Waals surface area contributed by atoms with Gasteiger partial charge in [-0.1, -0.05) is 23.7 Å². The summed E-state index contributed by atoms with van der Waals surface area (Å²) in [5.41, 5.74) is 0.251. The number of hydrogen-bond acceptors (Lipinski definition) is 4. The van der Waals surface area contributed by atoms with Gasteiger partial charge in [0, 0.05) is 11.1 Å². The van der Waals surface area contributed by atoms with Crippen LogP contribution in [-0.2, 0) is 9.84 Å². The molecular weight excluding hydrogens is 381 g/mol. The third-order valence-corrected chi connectivity index (χ3v) is 6.37. The molecule has 2 aromatic carbocycles. The van der Waals surface area contributed by atoms with Crippen molar-refractivity contribution in [2.24, 2.45) is 0 Å². The molecule has 0 heterocycles. The number of nitrogens with one attached hydrogen (secondary N) is 1. The first-order valence-electron chi connectivity index (χ1n) is 7.88. The van der Waals surface area contributed by atoms with E-state index in [2.05, 4.69) is 5.32 Å². The molecule has 26 heavy (non-hydrogen) atoms. The third-order valence-electron chi connectivity index (χ3n) is 3.91. The van der Waals surface area contributed by atoms with Crippen molar-refractivity contribution in [1.29, 1.82) is 0 Å². The Morgan fingerprint density at radius 1 is 1.19 bits per heavy atom. The van der Waals surface area contributed by atoms with Crippen LogP contribution in [0, 0.1) is 5.82 Å². The number of carbonyl (C=O) groups excluding carboxylic acids is 1. The van der Waals surface area contributed by atoms with E-state index in [-0.39, 0.29) is 21.0 Å². The van der Waals surface area contributed by atoms with Gasteiger partial charge in [-0.05, 0) is 44.2 Å². The number of sulfone groups is 1. The van der Waals surface area contributed by atoms with Gasteiger partial charge in [0.2, 0.25) is 0 Å². The lowest BCUT2D eigenvalue weighted by Crippen LogP contribution is -2.31. The second-order valence-electron chi connectivity index (χ2n) is 5.97. The van der Waals surface area contributed by atoms with Crippen molar-refractivity contribution in [2.45, 2.75) is 30.0 Å². The predicted octanol–water partition coefficient (Wildman–Crippen LogP) is 3.12. The molecule has 140 valence electrons. The average molecular weight is 400 g/mol. The van der Waals surface area contributed by atoms with Gasteiger partial charge in [-0.2, -0.15) is 0 Å². The van der Waals surface area contributed by atoms with Crippen LogP contribution in [0.2, 0.25) is 5.02 Å². The quantitative estimate of drug-likeness (QED) is 0.781. The lowest BCUT2D eigenvalue weighted by molar-refractivity contribution is 0.0915. The molecule has 0 unspecified atom stereocenters. The zero-order valence-electron chi connectivity index (χ0n) is 14.2. The molecule has 0 aliphatic heterocycles. The van der Waals surface area contributed by atoms with Gasteiger partial charge in [0.15, 0.2) is 9.84 Å². The molecule has 2 N–H and O–H groups in total. The summed E-state index contributed by atoms with van der Waals surface area (Å²) in [6.45, 7) is 2.62. The normalized spacial score (nSPS) is 12.8. The predicted molar refractivity (Wildman–Crippen MR) is 97.5 cm³/mol. The maximum Gasteiger partial charge on any atom is 0.251 e. The summed E-state index contributed by atoms with van der Waals surface area (Å²) in [6.07, 6.45) is 0. The number of aliphatic hydroxyl groups is 1. The first kappa shape index (κ1) is 20.4. The number of rotatable bonds is 6. The van der Waals surface area contributed by atoms with Crippen LogP contribution < -0.4 is 5.32 Å². The summed E-state index contributed by atoms with van der Waals surface area (Å²) in [5.74, 6) is -1.29. The highest BCUT2D eigenvalue weighted by molar-refractivity contribution is 7.92. The molecule has 2 aromatic rings. The van der Waals surface area contributed by atoms with Crippen molar-refractivity contribution < 1.29 is 22.7 Å². The molecule has 0 fully saturated rings. The SMILES string of the molecule is CC(C)S(=O)(=O)c1ccc(C(=O)N[C@@H](CO)c2cccc(Cl)c2F)cc1. The summed E-state index contributed by atoms with van der Waals surface area (Å²) in [6, 6.07) is 8.74. The Kier molecular flexibility index (Phi) is 6.39. The van der Waals surface area contributed by atoms with Crippen molar-refractivity contribution in [3.05, 3.63) is 64.4 Å². The van der Waals surface area contributed by atoms with Crippen molar-refractivity contribution in [3.8, 4) is 0 Å². The van der Waals surface area contributed by atoms with E-state index >= 15 is 0 Å². The van der Waals surface area contributed by atoms with E-state index in [1.807, 2.05) is 0 Å². The van der Waals surface area contributed by atoms with E-state index in [1.165, 1.54) is 42.5 Å². The van der Waals surface area contributed by atoms with E-state index < -0.39 is 39.5 Å². The lowest BCUT2D eigenvalue weighted by Gasteiger charge is -2.18. The first-order chi connectivity index (χ1) is 12.2. The van der Waals surface area contributed by atoms with Crippen LogP contribution in [0.4, 0.5) is 4.39 Å². The molecule has 2 rings (SSSR count). The number of amides is 1. The summed E-state index contributed by atoms with van der Waals surface area (Å²) >= 11 is 5.73. The number of benzene rings is 2. The topological polar surface area (TPSA) is 83.5 Å². The minimum Gasteiger partial charge on any atom is -0.394 e. The number of hydrogen-bond donors (Lipinski definition) is 2. The van der Waals surface area contributed by atoms with Crippen LogP contribution >= 0.6 is 11.6 Å². The van der Waals surface area contributed by atoms with Gasteiger partial charge < -0.3 is 10.4 Å². The maximum absolute atomic E-state index is 14.1.